The molecule has 0 aromatic carbocycles. The number of fused-ring (bicyclic) bond motifs is 6. The van der Waals surface area contributed by atoms with Crippen LogP contribution in [-0.2, 0) is 38.5 Å². The highest BCUT2D eigenvalue weighted by Crippen LogP contribution is 2.29. The zero-order chi connectivity index (χ0) is 50.0. The molecule has 3 aliphatic rings. The number of ether oxygens (including phenoxy) is 3. The summed E-state index contributed by atoms with van der Waals surface area (Å²) in [6.45, 7) is 20.1. The van der Waals surface area contributed by atoms with Crippen LogP contribution >= 0.6 is 0 Å². The number of anilines is 3. The van der Waals surface area contributed by atoms with Gasteiger partial charge in [0.2, 0.25) is 0 Å². The molecule has 0 aliphatic carbocycles. The number of pyridine rings is 3. The lowest BCUT2D eigenvalue weighted by molar-refractivity contribution is 0.289. The average Bonchev–Trinajstić information content (AvgIpc) is 4.15. The molecule has 12 rings (SSSR count). The first-order valence-corrected chi connectivity index (χ1v) is 24.5. The zero-order valence-electron chi connectivity index (χ0n) is 42.2. The Balaban J connectivity index is 0.000000124. The van der Waals surface area contributed by atoms with Crippen LogP contribution in [0.5, 0.6) is 17.2 Å². The molecule has 0 saturated heterocycles. The van der Waals surface area contributed by atoms with Gasteiger partial charge in [-0.3, -0.25) is 15.0 Å². The third-order valence-electron chi connectivity index (χ3n) is 12.4. The van der Waals surface area contributed by atoms with Crippen LogP contribution in [0.15, 0.2) is 55.0 Å². The molecule has 3 N–H and O–H groups in total. The van der Waals surface area contributed by atoms with Gasteiger partial charge in [-0.1, -0.05) is 0 Å². The van der Waals surface area contributed by atoms with Gasteiger partial charge >= 0.3 is 0 Å². The summed E-state index contributed by atoms with van der Waals surface area (Å²) in [7, 11) is 0. The van der Waals surface area contributed by atoms with E-state index in [2.05, 4.69) is 96.9 Å². The summed E-state index contributed by atoms with van der Waals surface area (Å²) in [5.74, 6) is 7.37. The fourth-order valence-electron chi connectivity index (χ4n) is 8.46. The summed E-state index contributed by atoms with van der Waals surface area (Å²) < 4.78 is 22.5. The maximum Gasteiger partial charge on any atom is 0.177 e. The lowest BCUT2D eigenvalue weighted by Gasteiger charge is -2.24. The van der Waals surface area contributed by atoms with E-state index in [1.54, 1.807) is 0 Å². The SMILES string of the molecule is Cc1ncc(C)n2nc(CCc3ccc4c(n3)NC(C)CO4)nc12.Cc1ncc(C)n2nc(CCc3ccc4c(n3)N[C@@H](C)CO4)nc12.Cc1ncc(C)n2nc(CCc3ccc4c(n3)N[C@H](C)CO4)nc12. The molecular weight excluding hydrogens is 913 g/mol. The van der Waals surface area contributed by atoms with E-state index in [1.165, 1.54) is 0 Å². The van der Waals surface area contributed by atoms with E-state index in [1.807, 2.05) is 110 Å². The number of rotatable bonds is 9. The normalized spacial score (nSPS) is 16.5. The van der Waals surface area contributed by atoms with Crippen LogP contribution < -0.4 is 30.2 Å². The van der Waals surface area contributed by atoms with E-state index in [0.29, 0.717) is 19.8 Å². The Morgan fingerprint density at radius 2 is 0.708 bits per heavy atom. The predicted molar refractivity (Wildman–Crippen MR) is 271 cm³/mol. The first-order chi connectivity index (χ1) is 34.8. The Morgan fingerprint density at radius 3 is 0.986 bits per heavy atom. The van der Waals surface area contributed by atoms with Crippen LogP contribution in [0.4, 0.5) is 17.5 Å². The second-order valence-electron chi connectivity index (χ2n) is 18.8. The largest absolute Gasteiger partial charge is 0.488 e. The number of aromatic nitrogens is 15. The molecule has 9 aromatic rings. The van der Waals surface area contributed by atoms with Crippen LogP contribution in [0.1, 0.15) is 89.5 Å². The molecule has 0 saturated carbocycles. The van der Waals surface area contributed by atoms with Gasteiger partial charge in [-0.25, -0.2) is 43.5 Å². The van der Waals surface area contributed by atoms with Gasteiger partial charge in [0.25, 0.3) is 0 Å². The third kappa shape index (κ3) is 10.5. The Morgan fingerprint density at radius 1 is 0.417 bits per heavy atom. The van der Waals surface area contributed by atoms with E-state index in [9.17, 15) is 0 Å². The van der Waals surface area contributed by atoms with Crippen molar-refractivity contribution in [2.45, 2.75) is 119 Å². The summed E-state index contributed by atoms with van der Waals surface area (Å²) in [5.41, 5.74) is 11.1. The van der Waals surface area contributed by atoms with Gasteiger partial charge in [0.1, 0.15) is 19.8 Å². The minimum atomic E-state index is 0.277. The Bertz CT molecular complexity index is 2950. The van der Waals surface area contributed by atoms with E-state index in [4.69, 9.17) is 14.2 Å². The number of hydrogen-bond donors (Lipinski definition) is 3. The minimum absolute atomic E-state index is 0.277. The first-order valence-electron chi connectivity index (χ1n) is 24.5. The Kier molecular flexibility index (Phi) is 13.4. The van der Waals surface area contributed by atoms with Gasteiger partial charge in [0.05, 0.1) is 52.3 Å². The van der Waals surface area contributed by atoms with Crippen LogP contribution in [-0.4, -0.2) is 112 Å². The molecule has 21 heteroatoms. The standard InChI is InChI=1S/3C17H20N6O/c3*1-10-9-24-14-6-4-13(20-16(14)19-10)5-7-15-21-17-12(3)18-8-11(2)23(17)22-15/h3*4,6,8,10H,5,7,9H2,1-3H3,(H,19,20)/t2*10-;/m10./s1. The van der Waals surface area contributed by atoms with Crippen molar-refractivity contribution in [2.75, 3.05) is 35.8 Å². The first kappa shape index (κ1) is 47.6. The predicted octanol–water partition coefficient (Wildman–Crippen LogP) is 6.34. The molecule has 0 bridgehead atoms. The molecule has 72 heavy (non-hydrogen) atoms. The highest BCUT2D eigenvalue weighted by molar-refractivity contribution is 5.55. The molecule has 0 fully saturated rings. The monoisotopic (exact) mass is 973 g/mol. The molecule has 372 valence electrons. The number of hydrogen-bond acceptors (Lipinski definition) is 18. The van der Waals surface area contributed by atoms with Crippen molar-refractivity contribution in [3.63, 3.8) is 0 Å². The summed E-state index contributed by atoms with van der Waals surface area (Å²) in [6.07, 6.45) is 10.0. The van der Waals surface area contributed by atoms with Crippen LogP contribution in [0.25, 0.3) is 16.9 Å². The summed E-state index contributed by atoms with van der Waals surface area (Å²) >= 11 is 0. The van der Waals surface area contributed by atoms with E-state index in [-0.39, 0.29) is 18.1 Å². The summed E-state index contributed by atoms with van der Waals surface area (Å²) in [6, 6.07) is 12.8. The lowest BCUT2D eigenvalue weighted by Crippen LogP contribution is -2.29. The molecule has 3 aliphatic heterocycles. The minimum Gasteiger partial charge on any atom is -0.488 e. The van der Waals surface area contributed by atoms with Gasteiger partial charge in [0, 0.05) is 54.9 Å². The van der Waals surface area contributed by atoms with Crippen LogP contribution in [0.3, 0.4) is 0 Å². The molecule has 0 radical (unpaired) electrons. The van der Waals surface area contributed by atoms with Gasteiger partial charge in [-0.05, 0) is 118 Å². The molecule has 1 unspecified atom stereocenters. The molecule has 0 spiro atoms. The van der Waals surface area contributed by atoms with Crippen molar-refractivity contribution in [3.8, 4) is 17.2 Å². The maximum absolute atomic E-state index is 5.66. The third-order valence-corrected chi connectivity index (χ3v) is 12.4. The Labute approximate surface area is 416 Å². The molecular formula is C51H60N18O3. The Hall–Kier alpha value is -8.10. The smallest absolute Gasteiger partial charge is 0.177 e. The van der Waals surface area contributed by atoms with E-state index >= 15 is 0 Å². The van der Waals surface area contributed by atoms with Crippen LogP contribution in [0.2, 0.25) is 0 Å². The van der Waals surface area contributed by atoms with Gasteiger partial charge in [-0.15, -0.1) is 0 Å². The van der Waals surface area contributed by atoms with E-state index in [0.717, 1.165) is 159 Å². The molecule has 21 nitrogen and oxygen atoms in total. The zero-order valence-corrected chi connectivity index (χ0v) is 42.2. The van der Waals surface area contributed by atoms with Gasteiger partial charge in [-0.2, -0.15) is 15.3 Å². The average molecular weight is 973 g/mol. The van der Waals surface area contributed by atoms with Crippen molar-refractivity contribution in [3.05, 3.63) is 124 Å². The van der Waals surface area contributed by atoms with Crippen molar-refractivity contribution in [1.29, 1.82) is 0 Å². The molecule has 3 atom stereocenters. The summed E-state index contributed by atoms with van der Waals surface area (Å²) in [4.78, 5) is 40.8. The topological polar surface area (TPSA) is 232 Å². The lowest BCUT2D eigenvalue weighted by atomic mass is 10.2. The highest BCUT2D eigenvalue weighted by atomic mass is 16.5. The second kappa shape index (κ2) is 20.3. The number of aryl methyl sites for hydroxylation is 12. The number of nitrogens with zero attached hydrogens (tertiary/aromatic N) is 15. The summed E-state index contributed by atoms with van der Waals surface area (Å²) in [5, 5.41) is 23.8. The van der Waals surface area contributed by atoms with E-state index < -0.39 is 0 Å². The van der Waals surface area contributed by atoms with Crippen molar-refractivity contribution < 1.29 is 14.2 Å². The molecule has 12 heterocycles. The van der Waals surface area contributed by atoms with Crippen molar-refractivity contribution in [2.24, 2.45) is 0 Å². The highest BCUT2D eigenvalue weighted by Gasteiger charge is 2.20. The molecule has 0 amide bonds. The fourth-order valence-corrected chi connectivity index (χ4v) is 8.46. The maximum atomic E-state index is 5.66. The van der Waals surface area contributed by atoms with Crippen LogP contribution in [0, 0.1) is 41.5 Å². The van der Waals surface area contributed by atoms with Crippen molar-refractivity contribution in [1.82, 2.24) is 73.7 Å². The second-order valence-corrected chi connectivity index (χ2v) is 18.8. The van der Waals surface area contributed by atoms with Gasteiger partial charge < -0.3 is 30.2 Å². The fraction of sp³-hybridized carbons (Fsp3) is 0.412. The molecule has 9 aromatic heterocycles. The van der Waals surface area contributed by atoms with Crippen molar-refractivity contribution >= 4 is 34.4 Å². The van der Waals surface area contributed by atoms with Gasteiger partial charge in [0.15, 0.2) is 69.1 Å². The number of nitrogens with one attached hydrogen (secondary N) is 3. The quantitative estimate of drug-likeness (QED) is 0.143.